The zero-order valence-electron chi connectivity index (χ0n) is 10.7. The number of nitrogens with one attached hydrogen (secondary N) is 1. The molecule has 4 nitrogen and oxygen atoms in total. The summed E-state index contributed by atoms with van der Waals surface area (Å²) in [6.45, 7) is 8.15. The number of hydrogen-bond donors (Lipinski definition) is 1. The van der Waals surface area contributed by atoms with Crippen molar-refractivity contribution in [1.29, 1.82) is 0 Å². The Morgan fingerprint density at radius 1 is 1.44 bits per heavy atom. The van der Waals surface area contributed by atoms with Crippen molar-refractivity contribution in [3.63, 3.8) is 0 Å². The van der Waals surface area contributed by atoms with Gasteiger partial charge in [0.25, 0.3) is 0 Å². The van der Waals surface area contributed by atoms with Gasteiger partial charge in [0.15, 0.2) is 0 Å². The predicted molar refractivity (Wildman–Crippen MR) is 66.6 cm³/mol. The largest absolute Gasteiger partial charge is 0.383 e. The van der Waals surface area contributed by atoms with Gasteiger partial charge in [0.2, 0.25) is 0 Å². The van der Waals surface area contributed by atoms with Gasteiger partial charge in [0.05, 0.1) is 13.2 Å². The van der Waals surface area contributed by atoms with E-state index in [0.717, 1.165) is 18.8 Å². The lowest BCUT2D eigenvalue weighted by molar-refractivity contribution is 0.183. The monoisotopic (exact) mass is 225 g/mol. The minimum atomic E-state index is 0.464. The van der Waals surface area contributed by atoms with E-state index < -0.39 is 0 Å². The molecule has 0 radical (unpaired) electrons. The first-order valence-electron chi connectivity index (χ1n) is 5.90. The third-order valence-corrected chi connectivity index (χ3v) is 2.38. The van der Waals surface area contributed by atoms with Crippen molar-refractivity contribution < 1.29 is 4.74 Å². The number of anilines is 1. The molecule has 92 valence electrons. The van der Waals surface area contributed by atoms with Crippen LogP contribution in [0.1, 0.15) is 27.2 Å². The Morgan fingerprint density at radius 3 is 2.81 bits per heavy atom. The maximum Gasteiger partial charge on any atom is 0.148 e. The number of methoxy groups -OCH3 is 1. The summed E-state index contributed by atoms with van der Waals surface area (Å²) in [5.74, 6) is 1.65. The molecular weight excluding hydrogens is 202 g/mol. The normalized spacial score (nSPS) is 13.1. The summed E-state index contributed by atoms with van der Waals surface area (Å²) in [5.41, 5.74) is 0. The van der Waals surface area contributed by atoms with E-state index in [2.05, 4.69) is 31.2 Å². The van der Waals surface area contributed by atoms with Crippen molar-refractivity contribution >= 4 is 5.82 Å². The van der Waals surface area contributed by atoms with E-state index in [4.69, 9.17) is 4.74 Å². The fourth-order valence-electron chi connectivity index (χ4n) is 1.77. The van der Waals surface area contributed by atoms with Crippen LogP contribution in [0.2, 0.25) is 0 Å². The third kappa shape index (κ3) is 4.66. The second kappa shape index (κ2) is 6.53. The van der Waals surface area contributed by atoms with Crippen molar-refractivity contribution in [1.82, 2.24) is 9.78 Å². The minimum absolute atomic E-state index is 0.464. The van der Waals surface area contributed by atoms with Crippen LogP contribution in [0, 0.1) is 5.92 Å². The highest BCUT2D eigenvalue weighted by Gasteiger charge is 2.06. The zero-order valence-corrected chi connectivity index (χ0v) is 10.7. The molecule has 1 atom stereocenters. The molecule has 0 fully saturated rings. The van der Waals surface area contributed by atoms with Crippen LogP contribution in [0.3, 0.4) is 0 Å². The molecule has 1 N–H and O–H groups in total. The molecule has 0 aliphatic heterocycles. The van der Waals surface area contributed by atoms with Crippen molar-refractivity contribution in [2.75, 3.05) is 19.0 Å². The number of ether oxygens (including phenoxy) is 1. The van der Waals surface area contributed by atoms with E-state index in [-0.39, 0.29) is 0 Å². The molecule has 0 aromatic carbocycles. The fraction of sp³-hybridized carbons (Fsp3) is 0.750. The van der Waals surface area contributed by atoms with E-state index in [1.807, 2.05) is 16.9 Å². The Labute approximate surface area is 98.0 Å². The van der Waals surface area contributed by atoms with Gasteiger partial charge >= 0.3 is 0 Å². The molecule has 1 rings (SSSR count). The molecule has 1 unspecified atom stereocenters. The topological polar surface area (TPSA) is 39.1 Å². The third-order valence-electron chi connectivity index (χ3n) is 2.38. The molecule has 0 saturated carbocycles. The molecule has 0 aliphatic carbocycles. The van der Waals surface area contributed by atoms with Gasteiger partial charge in [0, 0.05) is 25.4 Å². The summed E-state index contributed by atoms with van der Waals surface area (Å²) < 4.78 is 6.90. The smallest absolute Gasteiger partial charge is 0.148 e. The second-order valence-electron chi connectivity index (χ2n) is 4.63. The first kappa shape index (κ1) is 13.0. The Bertz CT molecular complexity index is 296. The van der Waals surface area contributed by atoms with Crippen LogP contribution in [-0.4, -0.2) is 29.5 Å². The predicted octanol–water partition coefficient (Wildman–Crippen LogP) is 2.38. The summed E-state index contributed by atoms with van der Waals surface area (Å²) in [4.78, 5) is 0. The Balaban J connectivity index is 2.39. The van der Waals surface area contributed by atoms with Gasteiger partial charge in [0.1, 0.15) is 5.82 Å². The van der Waals surface area contributed by atoms with Crippen molar-refractivity contribution in [3.05, 3.63) is 12.3 Å². The number of aromatic nitrogens is 2. The van der Waals surface area contributed by atoms with Crippen molar-refractivity contribution in [2.45, 2.75) is 39.8 Å². The van der Waals surface area contributed by atoms with Crippen LogP contribution in [0.5, 0.6) is 0 Å². The molecule has 4 heteroatoms. The SMILES string of the molecule is COCCn1ccc(NC(C)CC(C)C)n1. The highest BCUT2D eigenvalue weighted by molar-refractivity contribution is 5.33. The lowest BCUT2D eigenvalue weighted by Crippen LogP contribution is -2.18. The lowest BCUT2D eigenvalue weighted by Gasteiger charge is -2.15. The summed E-state index contributed by atoms with van der Waals surface area (Å²) in [6, 6.07) is 2.47. The molecule has 1 heterocycles. The first-order valence-corrected chi connectivity index (χ1v) is 5.90. The van der Waals surface area contributed by atoms with Gasteiger partial charge in [-0.15, -0.1) is 0 Å². The van der Waals surface area contributed by atoms with Gasteiger partial charge in [-0.3, -0.25) is 4.68 Å². The minimum Gasteiger partial charge on any atom is -0.383 e. The van der Waals surface area contributed by atoms with Crippen LogP contribution in [0.4, 0.5) is 5.82 Å². The van der Waals surface area contributed by atoms with E-state index in [1.54, 1.807) is 7.11 Å². The Morgan fingerprint density at radius 2 is 2.19 bits per heavy atom. The molecule has 16 heavy (non-hydrogen) atoms. The van der Waals surface area contributed by atoms with Gasteiger partial charge < -0.3 is 10.1 Å². The highest BCUT2D eigenvalue weighted by atomic mass is 16.5. The van der Waals surface area contributed by atoms with Crippen LogP contribution in [-0.2, 0) is 11.3 Å². The Hall–Kier alpha value is -1.03. The molecule has 0 spiro atoms. The van der Waals surface area contributed by atoms with Crippen molar-refractivity contribution in [3.8, 4) is 0 Å². The van der Waals surface area contributed by atoms with Crippen LogP contribution in [0.15, 0.2) is 12.3 Å². The highest BCUT2D eigenvalue weighted by Crippen LogP contribution is 2.10. The average molecular weight is 225 g/mol. The van der Waals surface area contributed by atoms with Crippen LogP contribution in [0.25, 0.3) is 0 Å². The summed E-state index contributed by atoms with van der Waals surface area (Å²) in [7, 11) is 1.70. The first-order chi connectivity index (χ1) is 7.61. The van der Waals surface area contributed by atoms with Crippen LogP contribution < -0.4 is 5.32 Å². The van der Waals surface area contributed by atoms with E-state index in [0.29, 0.717) is 18.6 Å². The lowest BCUT2D eigenvalue weighted by atomic mass is 10.1. The molecule has 0 aliphatic rings. The van der Waals surface area contributed by atoms with Gasteiger partial charge in [-0.2, -0.15) is 5.10 Å². The Kier molecular flexibility index (Phi) is 5.32. The van der Waals surface area contributed by atoms with Crippen LogP contribution >= 0.6 is 0 Å². The molecule has 1 aromatic rings. The number of nitrogens with zero attached hydrogens (tertiary/aromatic N) is 2. The molecular formula is C12H23N3O. The number of rotatable bonds is 7. The summed E-state index contributed by atoms with van der Waals surface area (Å²) in [6.07, 6.45) is 3.13. The van der Waals surface area contributed by atoms with Gasteiger partial charge in [-0.1, -0.05) is 13.8 Å². The molecule has 1 aromatic heterocycles. The summed E-state index contributed by atoms with van der Waals surface area (Å²) in [5, 5.41) is 7.82. The molecule has 0 bridgehead atoms. The summed E-state index contributed by atoms with van der Waals surface area (Å²) >= 11 is 0. The zero-order chi connectivity index (χ0) is 12.0. The second-order valence-corrected chi connectivity index (χ2v) is 4.63. The maximum absolute atomic E-state index is 5.01. The van der Waals surface area contributed by atoms with E-state index in [9.17, 15) is 0 Å². The fourth-order valence-corrected chi connectivity index (χ4v) is 1.77. The van der Waals surface area contributed by atoms with Gasteiger partial charge in [-0.25, -0.2) is 0 Å². The standard InChI is InChI=1S/C12H23N3O/c1-10(2)9-11(3)13-12-5-6-15(14-12)7-8-16-4/h5-6,10-11H,7-9H2,1-4H3,(H,13,14). The maximum atomic E-state index is 5.01. The van der Waals surface area contributed by atoms with Crippen molar-refractivity contribution in [2.24, 2.45) is 5.92 Å². The quantitative estimate of drug-likeness (QED) is 0.774. The van der Waals surface area contributed by atoms with Gasteiger partial charge in [-0.05, 0) is 19.3 Å². The average Bonchev–Trinajstić information content (AvgIpc) is 2.61. The van der Waals surface area contributed by atoms with E-state index in [1.165, 1.54) is 0 Å². The molecule has 0 saturated heterocycles. The molecule has 0 amide bonds. The number of hydrogen-bond acceptors (Lipinski definition) is 3. The van der Waals surface area contributed by atoms with E-state index >= 15 is 0 Å².